The van der Waals surface area contributed by atoms with Crippen molar-refractivity contribution in [2.75, 3.05) is 0 Å². The summed E-state index contributed by atoms with van der Waals surface area (Å²) in [5.74, 6) is 1.26. The summed E-state index contributed by atoms with van der Waals surface area (Å²) in [6, 6.07) is 2.02. The molecule has 1 saturated carbocycles. The molecule has 2 aliphatic rings. The van der Waals surface area contributed by atoms with Crippen LogP contribution in [0.3, 0.4) is 0 Å². The summed E-state index contributed by atoms with van der Waals surface area (Å²) in [4.78, 5) is 18.8. The highest BCUT2D eigenvalue weighted by atomic mass is 32.1. The van der Waals surface area contributed by atoms with E-state index in [1.807, 2.05) is 13.1 Å². The molecule has 21 heavy (non-hydrogen) atoms. The zero-order valence-electron chi connectivity index (χ0n) is 12.1. The van der Waals surface area contributed by atoms with Gasteiger partial charge in [-0.05, 0) is 25.3 Å². The first-order chi connectivity index (χ1) is 10.2. The van der Waals surface area contributed by atoms with Crippen LogP contribution in [-0.4, -0.2) is 10.5 Å². The molecule has 0 N–H and O–H groups in total. The third-order valence-corrected chi connectivity index (χ3v) is 5.78. The van der Waals surface area contributed by atoms with Crippen LogP contribution in [0.4, 0.5) is 0 Å². The van der Waals surface area contributed by atoms with Crippen molar-refractivity contribution in [1.29, 1.82) is 0 Å². The van der Waals surface area contributed by atoms with Gasteiger partial charge in [0.2, 0.25) is 0 Å². The van der Waals surface area contributed by atoms with E-state index in [1.54, 1.807) is 17.6 Å². The summed E-state index contributed by atoms with van der Waals surface area (Å²) in [6.45, 7) is 0. The Bertz CT molecular complexity index is 760. The van der Waals surface area contributed by atoms with E-state index < -0.39 is 0 Å². The number of hydrogen-bond acceptors (Lipinski definition) is 3. The Morgan fingerprint density at radius 1 is 1.38 bits per heavy atom. The van der Waals surface area contributed by atoms with Crippen LogP contribution in [0.15, 0.2) is 21.7 Å². The van der Waals surface area contributed by atoms with Crippen molar-refractivity contribution in [3.63, 3.8) is 0 Å². The molecule has 0 atom stereocenters. The second-order valence-electron chi connectivity index (χ2n) is 5.90. The Labute approximate surface area is 127 Å². The second kappa shape index (κ2) is 4.98. The summed E-state index contributed by atoms with van der Waals surface area (Å²) in [6.07, 6.45) is 7.99. The van der Waals surface area contributed by atoms with E-state index in [1.165, 1.54) is 10.6 Å². The van der Waals surface area contributed by atoms with E-state index in [0.717, 1.165) is 54.7 Å². The van der Waals surface area contributed by atoms with Crippen molar-refractivity contribution in [1.82, 2.24) is 4.57 Å². The van der Waals surface area contributed by atoms with Crippen molar-refractivity contribution in [2.45, 2.75) is 38.5 Å². The number of carbonyl (C=O) groups is 1. The maximum atomic E-state index is 12.3. The van der Waals surface area contributed by atoms with Gasteiger partial charge in [0.25, 0.3) is 5.91 Å². The lowest BCUT2D eigenvalue weighted by Crippen LogP contribution is -2.18. The Morgan fingerprint density at radius 2 is 2.19 bits per heavy atom. The highest BCUT2D eigenvalue weighted by Crippen LogP contribution is 2.35. The van der Waals surface area contributed by atoms with E-state index >= 15 is 0 Å². The molecule has 0 aliphatic heterocycles. The summed E-state index contributed by atoms with van der Waals surface area (Å²) in [5, 5.41) is 0. The predicted octanol–water partition coefficient (Wildman–Crippen LogP) is 3.06. The number of aryl methyl sites for hydroxylation is 2. The second-order valence-corrected chi connectivity index (χ2v) is 6.97. The van der Waals surface area contributed by atoms with Gasteiger partial charge in [0.15, 0.2) is 4.80 Å². The zero-order valence-corrected chi connectivity index (χ0v) is 12.9. The first-order valence-corrected chi connectivity index (χ1v) is 8.39. The van der Waals surface area contributed by atoms with Crippen LogP contribution in [0.1, 0.15) is 36.3 Å². The number of hydrogen-bond donors (Lipinski definition) is 0. The molecule has 110 valence electrons. The van der Waals surface area contributed by atoms with E-state index in [0.29, 0.717) is 0 Å². The molecule has 0 saturated heterocycles. The minimum atomic E-state index is 0.0640. The Morgan fingerprint density at radius 3 is 3.00 bits per heavy atom. The topological polar surface area (TPSA) is 47.5 Å². The average molecular weight is 302 g/mol. The van der Waals surface area contributed by atoms with Gasteiger partial charge in [0.05, 0.1) is 12.0 Å². The number of thiazole rings is 1. The molecule has 0 radical (unpaired) electrons. The van der Waals surface area contributed by atoms with E-state index in [-0.39, 0.29) is 11.8 Å². The van der Waals surface area contributed by atoms with Crippen molar-refractivity contribution in [3.8, 4) is 11.3 Å². The Kier molecular flexibility index (Phi) is 3.10. The fourth-order valence-electron chi connectivity index (χ4n) is 3.44. The van der Waals surface area contributed by atoms with Gasteiger partial charge in [-0.2, -0.15) is 4.99 Å². The van der Waals surface area contributed by atoms with Crippen LogP contribution in [0, 0.1) is 5.92 Å². The summed E-state index contributed by atoms with van der Waals surface area (Å²) < 4.78 is 7.59. The molecule has 2 heterocycles. The first kappa shape index (κ1) is 13.1. The molecule has 0 spiro atoms. The number of carbonyl (C=O) groups excluding carboxylic acids is 1. The van der Waals surface area contributed by atoms with Crippen molar-refractivity contribution in [3.05, 3.63) is 27.8 Å². The minimum Gasteiger partial charge on any atom is -0.469 e. The maximum Gasteiger partial charge on any atom is 0.251 e. The molecule has 4 rings (SSSR count). The number of nitrogens with zero attached hydrogens (tertiary/aromatic N) is 2. The lowest BCUT2D eigenvalue weighted by atomic mass is 10.0. The SMILES string of the molecule is Cn1c2c(sc1=NC(=O)C1CCCC1)CCc1occc1-2. The maximum absolute atomic E-state index is 12.3. The van der Waals surface area contributed by atoms with Gasteiger partial charge in [-0.3, -0.25) is 4.79 Å². The van der Waals surface area contributed by atoms with Crippen LogP contribution < -0.4 is 4.80 Å². The number of rotatable bonds is 1. The molecule has 2 aromatic heterocycles. The van der Waals surface area contributed by atoms with Crippen LogP contribution in [0.25, 0.3) is 11.3 Å². The molecular formula is C16H18N2O2S. The summed E-state index contributed by atoms with van der Waals surface area (Å²) in [7, 11) is 2.00. The molecule has 2 aromatic rings. The fraction of sp³-hybridized carbons (Fsp3) is 0.500. The van der Waals surface area contributed by atoms with Crippen LogP contribution >= 0.6 is 11.3 Å². The smallest absolute Gasteiger partial charge is 0.251 e. The third-order valence-electron chi connectivity index (χ3n) is 4.59. The van der Waals surface area contributed by atoms with Crippen molar-refractivity contribution >= 4 is 17.2 Å². The Balaban J connectivity index is 1.77. The predicted molar refractivity (Wildman–Crippen MR) is 80.9 cm³/mol. The van der Waals surface area contributed by atoms with Crippen LogP contribution in [0.2, 0.25) is 0 Å². The van der Waals surface area contributed by atoms with Gasteiger partial charge in [0.1, 0.15) is 5.76 Å². The lowest BCUT2D eigenvalue weighted by molar-refractivity contribution is -0.121. The van der Waals surface area contributed by atoms with Crippen molar-refractivity contribution in [2.24, 2.45) is 18.0 Å². The largest absolute Gasteiger partial charge is 0.469 e. The van der Waals surface area contributed by atoms with E-state index in [4.69, 9.17) is 4.42 Å². The van der Waals surface area contributed by atoms with Crippen LogP contribution in [0.5, 0.6) is 0 Å². The number of aromatic nitrogens is 1. The van der Waals surface area contributed by atoms with Gasteiger partial charge >= 0.3 is 0 Å². The lowest BCUT2D eigenvalue weighted by Gasteiger charge is -2.11. The van der Waals surface area contributed by atoms with Gasteiger partial charge in [-0.1, -0.05) is 12.8 Å². The minimum absolute atomic E-state index is 0.0640. The van der Waals surface area contributed by atoms with Gasteiger partial charge in [0, 0.05) is 29.8 Å². The summed E-state index contributed by atoms with van der Waals surface area (Å²) in [5.41, 5.74) is 2.33. The highest BCUT2D eigenvalue weighted by molar-refractivity contribution is 7.09. The van der Waals surface area contributed by atoms with E-state index in [2.05, 4.69) is 9.56 Å². The first-order valence-electron chi connectivity index (χ1n) is 7.58. The number of fused-ring (bicyclic) bond motifs is 3. The van der Waals surface area contributed by atoms with Gasteiger partial charge in [-0.15, -0.1) is 11.3 Å². The zero-order chi connectivity index (χ0) is 14.4. The molecule has 0 bridgehead atoms. The molecule has 2 aliphatic carbocycles. The van der Waals surface area contributed by atoms with Gasteiger partial charge in [-0.25, -0.2) is 0 Å². The highest BCUT2D eigenvalue weighted by Gasteiger charge is 2.25. The quantitative estimate of drug-likeness (QED) is 0.813. The normalized spacial score (nSPS) is 18.8. The molecule has 1 amide bonds. The molecule has 1 fully saturated rings. The third kappa shape index (κ3) is 2.11. The standard InChI is InChI=1S/C16H18N2O2S/c1-18-14-11-8-9-20-12(11)6-7-13(14)21-16(18)17-15(19)10-4-2-3-5-10/h8-10H,2-7H2,1H3. The monoisotopic (exact) mass is 302 g/mol. The Hall–Kier alpha value is -1.62. The molecule has 5 heteroatoms. The molecule has 0 aromatic carbocycles. The van der Waals surface area contributed by atoms with Crippen molar-refractivity contribution < 1.29 is 9.21 Å². The average Bonchev–Trinajstić information content (AvgIpc) is 3.19. The fourth-order valence-corrected chi connectivity index (χ4v) is 4.57. The molecule has 4 nitrogen and oxygen atoms in total. The number of amides is 1. The molecular weight excluding hydrogens is 284 g/mol. The van der Waals surface area contributed by atoms with Crippen LogP contribution in [-0.2, 0) is 24.7 Å². The van der Waals surface area contributed by atoms with E-state index in [9.17, 15) is 4.79 Å². The number of furan rings is 1. The molecule has 0 unspecified atom stereocenters. The van der Waals surface area contributed by atoms with Gasteiger partial charge < -0.3 is 8.98 Å². The summed E-state index contributed by atoms with van der Waals surface area (Å²) >= 11 is 1.65.